The lowest BCUT2D eigenvalue weighted by Gasteiger charge is -2.18. The van der Waals surface area contributed by atoms with E-state index in [-0.39, 0.29) is 12.5 Å². The van der Waals surface area contributed by atoms with Crippen LogP contribution in [-0.2, 0) is 9.59 Å². The average molecular weight is 410 g/mol. The molecule has 2 aromatic rings. The molecule has 29 heavy (non-hydrogen) atoms. The molecule has 1 aromatic heterocycles. The van der Waals surface area contributed by atoms with Crippen molar-refractivity contribution in [1.29, 1.82) is 0 Å². The summed E-state index contributed by atoms with van der Waals surface area (Å²) in [6.45, 7) is 5.35. The SMILES string of the molecule is Cc1ccc(-n2cccc2/C=C2/SC(=O)N(CC(=O)N3CCCC3)C2=O)cc1C. The zero-order chi connectivity index (χ0) is 20.5. The second-order valence-electron chi connectivity index (χ2n) is 7.43. The van der Waals surface area contributed by atoms with Gasteiger partial charge in [0, 0.05) is 30.7 Å². The smallest absolute Gasteiger partial charge is 0.294 e. The van der Waals surface area contributed by atoms with E-state index < -0.39 is 11.1 Å². The highest BCUT2D eigenvalue weighted by Gasteiger charge is 2.37. The highest BCUT2D eigenvalue weighted by molar-refractivity contribution is 8.18. The number of nitrogens with zero attached hydrogens (tertiary/aromatic N) is 3. The van der Waals surface area contributed by atoms with E-state index in [1.54, 1.807) is 11.0 Å². The van der Waals surface area contributed by atoms with Gasteiger partial charge in [-0.2, -0.15) is 0 Å². The van der Waals surface area contributed by atoms with Crippen LogP contribution in [0.1, 0.15) is 29.7 Å². The quantitative estimate of drug-likeness (QED) is 0.722. The summed E-state index contributed by atoms with van der Waals surface area (Å²) in [5, 5.41) is -0.391. The molecule has 4 rings (SSSR count). The third kappa shape index (κ3) is 3.87. The molecule has 150 valence electrons. The minimum atomic E-state index is -0.402. The minimum absolute atomic E-state index is 0.162. The van der Waals surface area contributed by atoms with Crippen LogP contribution in [0.3, 0.4) is 0 Å². The standard InChI is InChI=1S/C22H23N3O3S/c1-15-7-8-18(12-16(15)2)24-11-5-6-17(24)13-19-21(27)25(22(28)29-19)14-20(26)23-9-3-4-10-23/h5-8,11-13H,3-4,9-10,14H2,1-2H3/b19-13+. The molecule has 3 amide bonds. The predicted molar refractivity (Wildman–Crippen MR) is 114 cm³/mol. The third-order valence-electron chi connectivity index (χ3n) is 5.45. The highest BCUT2D eigenvalue weighted by atomic mass is 32.2. The molecule has 2 fully saturated rings. The number of amides is 3. The van der Waals surface area contributed by atoms with Crippen LogP contribution >= 0.6 is 11.8 Å². The molecule has 6 nitrogen and oxygen atoms in total. The largest absolute Gasteiger partial charge is 0.341 e. The van der Waals surface area contributed by atoms with Crippen LogP contribution in [0, 0.1) is 13.8 Å². The van der Waals surface area contributed by atoms with E-state index in [1.807, 2.05) is 29.0 Å². The van der Waals surface area contributed by atoms with Gasteiger partial charge in [0.1, 0.15) is 6.54 Å². The Kier molecular flexibility index (Phi) is 5.32. The second-order valence-corrected chi connectivity index (χ2v) is 8.42. The van der Waals surface area contributed by atoms with E-state index in [9.17, 15) is 14.4 Å². The second kappa shape index (κ2) is 7.91. The van der Waals surface area contributed by atoms with E-state index in [0.717, 1.165) is 40.9 Å². The lowest BCUT2D eigenvalue weighted by Crippen LogP contribution is -2.40. The van der Waals surface area contributed by atoms with Crippen LogP contribution in [0.5, 0.6) is 0 Å². The zero-order valence-corrected chi connectivity index (χ0v) is 17.4. The number of rotatable bonds is 4. The fourth-order valence-corrected chi connectivity index (χ4v) is 4.42. The normalized spacial score (nSPS) is 18.3. The summed E-state index contributed by atoms with van der Waals surface area (Å²) in [4.78, 5) is 40.6. The van der Waals surface area contributed by atoms with Crippen LogP contribution in [0.4, 0.5) is 4.79 Å². The zero-order valence-electron chi connectivity index (χ0n) is 16.6. The van der Waals surface area contributed by atoms with Crippen molar-refractivity contribution in [2.45, 2.75) is 26.7 Å². The van der Waals surface area contributed by atoms with Crippen molar-refractivity contribution in [2.24, 2.45) is 0 Å². The molecule has 0 bridgehead atoms. The first-order valence-corrected chi connectivity index (χ1v) is 10.5. The minimum Gasteiger partial charge on any atom is -0.341 e. The molecular weight excluding hydrogens is 386 g/mol. The van der Waals surface area contributed by atoms with Gasteiger partial charge in [0.2, 0.25) is 5.91 Å². The Hall–Kier alpha value is -2.80. The van der Waals surface area contributed by atoms with E-state index in [0.29, 0.717) is 18.0 Å². The van der Waals surface area contributed by atoms with E-state index in [1.165, 1.54) is 11.1 Å². The Morgan fingerprint density at radius 2 is 1.86 bits per heavy atom. The summed E-state index contributed by atoms with van der Waals surface area (Å²) >= 11 is 0.889. The first kappa shape index (κ1) is 19.5. The molecule has 2 aliphatic rings. The Bertz CT molecular complexity index is 1020. The van der Waals surface area contributed by atoms with Crippen molar-refractivity contribution >= 4 is 34.9 Å². The van der Waals surface area contributed by atoms with Crippen molar-refractivity contribution in [1.82, 2.24) is 14.4 Å². The molecule has 0 atom stereocenters. The number of hydrogen-bond donors (Lipinski definition) is 0. The van der Waals surface area contributed by atoms with Gasteiger partial charge in [0.15, 0.2) is 0 Å². The maximum absolute atomic E-state index is 12.8. The van der Waals surface area contributed by atoms with Gasteiger partial charge in [-0.25, -0.2) is 0 Å². The molecule has 0 radical (unpaired) electrons. The number of aryl methyl sites for hydroxylation is 2. The van der Waals surface area contributed by atoms with Gasteiger partial charge in [-0.3, -0.25) is 19.3 Å². The van der Waals surface area contributed by atoms with Crippen LogP contribution in [-0.4, -0.2) is 51.1 Å². The van der Waals surface area contributed by atoms with Gasteiger partial charge in [0.25, 0.3) is 11.1 Å². The summed E-state index contributed by atoms with van der Waals surface area (Å²) in [5.74, 6) is -0.565. The van der Waals surface area contributed by atoms with Gasteiger partial charge in [-0.1, -0.05) is 6.07 Å². The Balaban J connectivity index is 1.56. The highest BCUT2D eigenvalue weighted by Crippen LogP contribution is 2.33. The van der Waals surface area contributed by atoms with Crippen molar-refractivity contribution < 1.29 is 14.4 Å². The fraction of sp³-hybridized carbons (Fsp3) is 0.318. The van der Waals surface area contributed by atoms with Gasteiger partial charge < -0.3 is 9.47 Å². The molecule has 0 aliphatic carbocycles. The number of hydrogen-bond acceptors (Lipinski definition) is 4. The molecule has 0 spiro atoms. The molecule has 0 saturated carbocycles. The summed E-state index contributed by atoms with van der Waals surface area (Å²) in [5.41, 5.74) is 4.20. The number of likely N-dealkylation sites (tertiary alicyclic amines) is 1. The molecule has 1 aromatic carbocycles. The summed E-state index contributed by atoms with van der Waals surface area (Å²) in [6, 6.07) is 9.99. The van der Waals surface area contributed by atoms with Crippen molar-refractivity contribution in [2.75, 3.05) is 19.6 Å². The summed E-state index contributed by atoms with van der Waals surface area (Å²) in [6.07, 6.45) is 5.60. The number of benzene rings is 1. The maximum Gasteiger partial charge on any atom is 0.294 e. The average Bonchev–Trinajstić information content (AvgIpc) is 3.43. The van der Waals surface area contributed by atoms with Crippen LogP contribution in [0.25, 0.3) is 11.8 Å². The number of aromatic nitrogens is 1. The van der Waals surface area contributed by atoms with Crippen LogP contribution in [0.15, 0.2) is 41.4 Å². The van der Waals surface area contributed by atoms with Crippen LogP contribution < -0.4 is 0 Å². The molecule has 7 heteroatoms. The number of carbonyl (C=O) groups excluding carboxylic acids is 3. The molecule has 2 aliphatic heterocycles. The molecule has 0 N–H and O–H groups in total. The van der Waals surface area contributed by atoms with Gasteiger partial charge in [-0.15, -0.1) is 0 Å². The van der Waals surface area contributed by atoms with Crippen molar-refractivity contribution in [3.63, 3.8) is 0 Å². The fourth-order valence-electron chi connectivity index (χ4n) is 3.59. The maximum atomic E-state index is 12.8. The lowest BCUT2D eigenvalue weighted by molar-refractivity contribution is -0.135. The Morgan fingerprint density at radius 1 is 1.10 bits per heavy atom. The predicted octanol–water partition coefficient (Wildman–Crippen LogP) is 3.75. The van der Waals surface area contributed by atoms with Crippen molar-refractivity contribution in [3.8, 4) is 5.69 Å². The first-order chi connectivity index (χ1) is 13.9. The molecule has 3 heterocycles. The molecule has 0 unspecified atom stereocenters. The van der Waals surface area contributed by atoms with Gasteiger partial charge in [-0.05, 0) is 79.9 Å². The van der Waals surface area contributed by atoms with E-state index in [2.05, 4.69) is 26.0 Å². The van der Waals surface area contributed by atoms with Crippen molar-refractivity contribution in [3.05, 3.63) is 58.3 Å². The number of carbonyl (C=O) groups is 3. The van der Waals surface area contributed by atoms with Gasteiger partial charge in [0.05, 0.1) is 4.91 Å². The van der Waals surface area contributed by atoms with E-state index in [4.69, 9.17) is 0 Å². The molecular formula is C22H23N3O3S. The number of imide groups is 1. The Morgan fingerprint density at radius 3 is 2.59 bits per heavy atom. The van der Waals surface area contributed by atoms with Gasteiger partial charge >= 0.3 is 0 Å². The number of thioether (sulfide) groups is 1. The summed E-state index contributed by atoms with van der Waals surface area (Å²) < 4.78 is 1.98. The topological polar surface area (TPSA) is 62.6 Å². The lowest BCUT2D eigenvalue weighted by atomic mass is 10.1. The van der Waals surface area contributed by atoms with E-state index >= 15 is 0 Å². The van der Waals surface area contributed by atoms with Crippen LogP contribution in [0.2, 0.25) is 0 Å². The first-order valence-electron chi connectivity index (χ1n) is 9.72. The summed E-state index contributed by atoms with van der Waals surface area (Å²) in [7, 11) is 0. The Labute approximate surface area is 174 Å². The monoisotopic (exact) mass is 409 g/mol. The third-order valence-corrected chi connectivity index (χ3v) is 6.36. The molecule has 2 saturated heterocycles.